The second-order valence-corrected chi connectivity index (χ2v) is 4.77. The molecule has 0 aliphatic heterocycles. The van der Waals surface area contributed by atoms with E-state index in [9.17, 15) is 0 Å². The van der Waals surface area contributed by atoms with Crippen LogP contribution in [0.2, 0.25) is 0 Å². The number of ether oxygens (including phenoxy) is 1. The van der Waals surface area contributed by atoms with E-state index < -0.39 is 0 Å². The monoisotopic (exact) mass is 316 g/mol. The van der Waals surface area contributed by atoms with E-state index in [-0.39, 0.29) is 0 Å². The van der Waals surface area contributed by atoms with Crippen molar-refractivity contribution in [2.75, 3.05) is 26.3 Å². The van der Waals surface area contributed by atoms with Gasteiger partial charge in [-0.05, 0) is 26.0 Å². The summed E-state index contributed by atoms with van der Waals surface area (Å²) >= 11 is 0. The molecule has 0 aliphatic carbocycles. The van der Waals surface area contributed by atoms with Crippen LogP contribution in [-0.4, -0.2) is 47.0 Å². The van der Waals surface area contributed by atoms with Crippen molar-refractivity contribution in [1.29, 1.82) is 0 Å². The molecule has 2 N–H and O–H groups in total. The molecule has 1 heterocycles. The number of rotatable bonds is 8. The Morgan fingerprint density at radius 3 is 2.78 bits per heavy atom. The first-order valence-corrected chi connectivity index (χ1v) is 7.89. The van der Waals surface area contributed by atoms with Crippen LogP contribution in [0, 0.1) is 0 Å². The van der Waals surface area contributed by atoms with Gasteiger partial charge in [-0.1, -0.05) is 18.2 Å². The number of guanidine groups is 1. The Kier molecular flexibility index (Phi) is 7.06. The van der Waals surface area contributed by atoms with Crippen LogP contribution in [0.3, 0.4) is 0 Å². The molecule has 0 fully saturated rings. The van der Waals surface area contributed by atoms with Gasteiger partial charge in [0.25, 0.3) is 0 Å². The summed E-state index contributed by atoms with van der Waals surface area (Å²) in [6.45, 7) is 7.34. The van der Waals surface area contributed by atoms with Crippen LogP contribution in [0.1, 0.15) is 19.7 Å². The van der Waals surface area contributed by atoms with E-state index in [4.69, 9.17) is 4.74 Å². The predicted octanol–water partition coefficient (Wildman–Crippen LogP) is 1.36. The quantitative estimate of drug-likeness (QED) is 0.437. The summed E-state index contributed by atoms with van der Waals surface area (Å²) in [4.78, 5) is 4.56. The van der Waals surface area contributed by atoms with Gasteiger partial charge in [-0.3, -0.25) is 4.57 Å². The highest BCUT2D eigenvalue weighted by Crippen LogP contribution is 2.09. The first-order valence-electron chi connectivity index (χ1n) is 7.89. The number of hydrogen-bond donors (Lipinski definition) is 2. The smallest absolute Gasteiger partial charge is 0.191 e. The van der Waals surface area contributed by atoms with Gasteiger partial charge in [-0.15, -0.1) is 10.2 Å². The van der Waals surface area contributed by atoms with E-state index >= 15 is 0 Å². The molecule has 0 aliphatic rings. The van der Waals surface area contributed by atoms with Gasteiger partial charge in [-0.25, -0.2) is 4.99 Å². The summed E-state index contributed by atoms with van der Waals surface area (Å²) in [7, 11) is 0. The van der Waals surface area contributed by atoms with Gasteiger partial charge in [0, 0.05) is 25.4 Å². The SMILES string of the molecule is CCNC(=NCc1nncn1-c1ccccc1)NCCOCC. The number of nitrogens with one attached hydrogen (secondary N) is 2. The Bertz CT molecular complexity index is 596. The lowest BCUT2D eigenvalue weighted by atomic mass is 10.3. The summed E-state index contributed by atoms with van der Waals surface area (Å²) < 4.78 is 7.26. The van der Waals surface area contributed by atoms with Crippen molar-refractivity contribution in [3.05, 3.63) is 42.5 Å². The Morgan fingerprint density at radius 2 is 2.04 bits per heavy atom. The number of nitrogens with zero attached hydrogens (tertiary/aromatic N) is 4. The molecule has 23 heavy (non-hydrogen) atoms. The molecule has 0 spiro atoms. The number of hydrogen-bond acceptors (Lipinski definition) is 4. The van der Waals surface area contributed by atoms with Crippen molar-refractivity contribution in [2.45, 2.75) is 20.4 Å². The fraction of sp³-hybridized carbons (Fsp3) is 0.438. The van der Waals surface area contributed by atoms with E-state index in [1.54, 1.807) is 6.33 Å². The molecule has 0 saturated carbocycles. The highest BCUT2D eigenvalue weighted by Gasteiger charge is 2.06. The summed E-state index contributed by atoms with van der Waals surface area (Å²) in [6, 6.07) is 9.99. The van der Waals surface area contributed by atoms with E-state index in [1.807, 2.05) is 48.7 Å². The average Bonchev–Trinajstić information content (AvgIpc) is 3.06. The molecule has 0 radical (unpaired) electrons. The Hall–Kier alpha value is -2.41. The lowest BCUT2D eigenvalue weighted by Gasteiger charge is -2.11. The van der Waals surface area contributed by atoms with E-state index in [0.717, 1.165) is 30.6 Å². The van der Waals surface area contributed by atoms with Crippen molar-refractivity contribution >= 4 is 5.96 Å². The van der Waals surface area contributed by atoms with Crippen molar-refractivity contribution in [3.8, 4) is 5.69 Å². The van der Waals surface area contributed by atoms with Gasteiger partial charge in [0.1, 0.15) is 12.9 Å². The first-order chi connectivity index (χ1) is 11.3. The van der Waals surface area contributed by atoms with Crippen LogP contribution in [0.15, 0.2) is 41.7 Å². The minimum atomic E-state index is 0.443. The number of aromatic nitrogens is 3. The van der Waals surface area contributed by atoms with Gasteiger partial charge in [0.05, 0.1) is 6.61 Å². The van der Waals surface area contributed by atoms with Gasteiger partial charge in [0.15, 0.2) is 11.8 Å². The summed E-state index contributed by atoms with van der Waals surface area (Å²) in [5.41, 5.74) is 1.03. The molecule has 7 nitrogen and oxygen atoms in total. The summed E-state index contributed by atoms with van der Waals surface area (Å²) in [5, 5.41) is 14.6. The summed E-state index contributed by atoms with van der Waals surface area (Å²) in [6.07, 6.45) is 1.70. The zero-order valence-corrected chi connectivity index (χ0v) is 13.7. The molecule has 0 unspecified atom stereocenters. The third-order valence-corrected chi connectivity index (χ3v) is 3.12. The third-order valence-electron chi connectivity index (χ3n) is 3.12. The van der Waals surface area contributed by atoms with Crippen molar-refractivity contribution in [1.82, 2.24) is 25.4 Å². The molecule has 124 valence electrons. The first kappa shape index (κ1) is 17.0. The van der Waals surface area contributed by atoms with Crippen LogP contribution in [0.4, 0.5) is 0 Å². The molecule has 0 bridgehead atoms. The number of para-hydroxylation sites is 1. The maximum atomic E-state index is 5.32. The molecule has 7 heteroatoms. The highest BCUT2D eigenvalue weighted by atomic mass is 16.5. The minimum absolute atomic E-state index is 0.443. The third kappa shape index (κ3) is 5.37. The van der Waals surface area contributed by atoms with Crippen molar-refractivity contribution in [3.63, 3.8) is 0 Å². The van der Waals surface area contributed by atoms with Crippen LogP contribution in [0.25, 0.3) is 5.69 Å². The maximum absolute atomic E-state index is 5.32. The number of aliphatic imine (C=N–C) groups is 1. The van der Waals surface area contributed by atoms with Crippen molar-refractivity contribution in [2.24, 2.45) is 4.99 Å². The standard InChI is InChI=1S/C16H24N6O/c1-3-17-16(18-10-11-23-4-2)19-12-15-21-20-13-22(15)14-8-6-5-7-9-14/h5-9,13H,3-4,10-12H2,1-2H3,(H2,17,18,19). The molecule has 0 atom stereocenters. The van der Waals surface area contributed by atoms with Gasteiger partial charge >= 0.3 is 0 Å². The molecule has 2 aromatic rings. The molecule has 1 aromatic carbocycles. The van der Waals surface area contributed by atoms with Crippen LogP contribution < -0.4 is 10.6 Å². The molecule has 0 amide bonds. The normalized spacial score (nSPS) is 11.5. The molecular formula is C16H24N6O. The Morgan fingerprint density at radius 1 is 1.22 bits per heavy atom. The summed E-state index contributed by atoms with van der Waals surface area (Å²) in [5.74, 6) is 1.54. The number of benzene rings is 1. The second kappa shape index (κ2) is 9.58. The fourth-order valence-electron chi connectivity index (χ4n) is 2.05. The lowest BCUT2D eigenvalue weighted by molar-refractivity contribution is 0.152. The highest BCUT2D eigenvalue weighted by molar-refractivity contribution is 5.79. The lowest BCUT2D eigenvalue weighted by Crippen LogP contribution is -2.39. The molecule has 0 saturated heterocycles. The maximum Gasteiger partial charge on any atom is 0.191 e. The molecular weight excluding hydrogens is 292 g/mol. The van der Waals surface area contributed by atoms with Gasteiger partial charge < -0.3 is 15.4 Å². The fourth-order valence-corrected chi connectivity index (χ4v) is 2.05. The Labute approximate surface area is 136 Å². The zero-order valence-electron chi connectivity index (χ0n) is 13.7. The van der Waals surface area contributed by atoms with Crippen LogP contribution in [-0.2, 0) is 11.3 Å². The Balaban J connectivity index is 2.01. The van der Waals surface area contributed by atoms with Crippen LogP contribution >= 0.6 is 0 Å². The van der Waals surface area contributed by atoms with Crippen molar-refractivity contribution < 1.29 is 4.74 Å². The molecule has 1 aromatic heterocycles. The topological polar surface area (TPSA) is 76.4 Å². The van der Waals surface area contributed by atoms with E-state index in [1.165, 1.54) is 0 Å². The van der Waals surface area contributed by atoms with Gasteiger partial charge in [-0.2, -0.15) is 0 Å². The largest absolute Gasteiger partial charge is 0.380 e. The average molecular weight is 316 g/mol. The zero-order chi connectivity index (χ0) is 16.3. The van der Waals surface area contributed by atoms with E-state index in [0.29, 0.717) is 19.7 Å². The van der Waals surface area contributed by atoms with E-state index in [2.05, 4.69) is 25.8 Å². The minimum Gasteiger partial charge on any atom is -0.380 e. The van der Waals surface area contributed by atoms with Gasteiger partial charge in [0.2, 0.25) is 0 Å². The molecule has 2 rings (SSSR count). The van der Waals surface area contributed by atoms with Crippen LogP contribution in [0.5, 0.6) is 0 Å². The predicted molar refractivity (Wildman–Crippen MR) is 90.7 cm³/mol. The second-order valence-electron chi connectivity index (χ2n) is 4.77.